The summed E-state index contributed by atoms with van der Waals surface area (Å²) in [7, 11) is 0. The number of carbonyl (C=O) groups is 1. The molecule has 0 aliphatic heterocycles. The molecular formula is C15H15FN2O3. The summed E-state index contributed by atoms with van der Waals surface area (Å²) in [5.41, 5.74) is 2.85. The summed E-state index contributed by atoms with van der Waals surface area (Å²) in [6, 6.07) is 9.43. The molecule has 0 spiro atoms. The van der Waals surface area contributed by atoms with Crippen LogP contribution in [0.1, 0.15) is 18.4 Å². The van der Waals surface area contributed by atoms with E-state index in [1.165, 1.54) is 12.1 Å². The van der Waals surface area contributed by atoms with Crippen LogP contribution in [-0.2, 0) is 4.79 Å². The number of benzene rings is 1. The van der Waals surface area contributed by atoms with Crippen molar-refractivity contribution >= 4 is 11.6 Å². The number of hydrogen-bond acceptors (Lipinski definition) is 4. The molecule has 2 aromatic rings. The highest BCUT2D eigenvalue weighted by Crippen LogP contribution is 2.14. The van der Waals surface area contributed by atoms with Gasteiger partial charge in [0.25, 0.3) is 5.91 Å². The van der Waals surface area contributed by atoms with Crippen LogP contribution in [0.4, 0.5) is 4.39 Å². The van der Waals surface area contributed by atoms with E-state index in [0.29, 0.717) is 11.5 Å². The Hall–Kier alpha value is -2.63. The largest absolute Gasteiger partial charge is 0.481 e. The Labute approximate surface area is 121 Å². The zero-order valence-electron chi connectivity index (χ0n) is 11.7. The number of rotatable bonds is 5. The number of nitrogens with one attached hydrogen (secondary N) is 1. The topological polar surface area (TPSA) is 63.8 Å². The summed E-state index contributed by atoms with van der Waals surface area (Å²) in [5.74, 6) is 0.350. The summed E-state index contributed by atoms with van der Waals surface area (Å²) in [6.07, 6.45) is 0. The van der Waals surface area contributed by atoms with Crippen LogP contribution in [0.25, 0.3) is 0 Å². The van der Waals surface area contributed by atoms with Gasteiger partial charge >= 0.3 is 0 Å². The van der Waals surface area contributed by atoms with E-state index in [2.05, 4.69) is 10.5 Å². The fraction of sp³-hybridized carbons (Fsp3) is 0.200. The number of amides is 1. The molecule has 0 saturated carbocycles. The van der Waals surface area contributed by atoms with E-state index in [4.69, 9.17) is 9.15 Å². The van der Waals surface area contributed by atoms with Crippen LogP contribution < -0.4 is 10.2 Å². The van der Waals surface area contributed by atoms with Crippen LogP contribution in [-0.4, -0.2) is 18.2 Å². The lowest BCUT2D eigenvalue weighted by Gasteiger charge is -2.05. The van der Waals surface area contributed by atoms with E-state index in [9.17, 15) is 9.18 Å². The van der Waals surface area contributed by atoms with E-state index < -0.39 is 11.7 Å². The lowest BCUT2D eigenvalue weighted by Crippen LogP contribution is -2.25. The van der Waals surface area contributed by atoms with Crippen LogP contribution >= 0.6 is 0 Å². The highest BCUT2D eigenvalue weighted by atomic mass is 19.1. The van der Waals surface area contributed by atoms with Gasteiger partial charge in [0.1, 0.15) is 17.2 Å². The number of halogens is 1. The molecule has 5 nitrogen and oxygen atoms in total. The number of ether oxygens (including phenoxy) is 1. The number of aryl methyl sites for hydroxylation is 1. The van der Waals surface area contributed by atoms with Crippen molar-refractivity contribution < 1.29 is 18.3 Å². The third kappa shape index (κ3) is 4.17. The van der Waals surface area contributed by atoms with E-state index in [-0.39, 0.29) is 12.4 Å². The maximum Gasteiger partial charge on any atom is 0.277 e. The second kappa shape index (κ2) is 6.69. The fourth-order valence-corrected chi connectivity index (χ4v) is 1.57. The molecule has 21 heavy (non-hydrogen) atoms. The van der Waals surface area contributed by atoms with E-state index in [1.807, 2.05) is 6.92 Å². The number of carbonyl (C=O) groups excluding carboxylic acids is 1. The Kier molecular flexibility index (Phi) is 4.71. The lowest BCUT2D eigenvalue weighted by atomic mass is 10.3. The molecule has 2 rings (SSSR count). The molecule has 0 aliphatic rings. The standard InChI is InChI=1S/C15H15FN2O3/c1-10-7-8-13(21-10)11(2)17-18-15(19)9-20-14-6-4-3-5-12(14)16/h3-8H,9H2,1-2H3,(H,18,19)/b17-11+. The van der Waals surface area contributed by atoms with E-state index in [0.717, 1.165) is 5.76 Å². The maximum absolute atomic E-state index is 13.3. The average Bonchev–Trinajstić information content (AvgIpc) is 2.90. The smallest absolute Gasteiger partial charge is 0.277 e. The number of hydrogen-bond donors (Lipinski definition) is 1. The van der Waals surface area contributed by atoms with Gasteiger partial charge in [-0.2, -0.15) is 5.10 Å². The first-order valence-electron chi connectivity index (χ1n) is 6.33. The van der Waals surface area contributed by atoms with Crippen molar-refractivity contribution in [2.24, 2.45) is 5.10 Å². The van der Waals surface area contributed by atoms with Crippen molar-refractivity contribution in [2.45, 2.75) is 13.8 Å². The molecule has 0 saturated heterocycles. The van der Waals surface area contributed by atoms with E-state index >= 15 is 0 Å². The number of hydrazone groups is 1. The van der Waals surface area contributed by atoms with Crippen molar-refractivity contribution in [3.05, 3.63) is 53.7 Å². The maximum atomic E-state index is 13.3. The summed E-state index contributed by atoms with van der Waals surface area (Å²) in [4.78, 5) is 11.6. The highest BCUT2D eigenvalue weighted by Gasteiger charge is 2.07. The predicted molar refractivity (Wildman–Crippen MR) is 75.7 cm³/mol. The van der Waals surface area contributed by atoms with Gasteiger partial charge in [-0.25, -0.2) is 9.82 Å². The molecular weight excluding hydrogens is 275 g/mol. The van der Waals surface area contributed by atoms with Gasteiger partial charge in [0.15, 0.2) is 18.2 Å². The third-order valence-electron chi connectivity index (χ3n) is 2.64. The highest BCUT2D eigenvalue weighted by molar-refractivity contribution is 5.96. The zero-order valence-corrected chi connectivity index (χ0v) is 11.7. The van der Waals surface area contributed by atoms with E-state index in [1.54, 1.807) is 31.2 Å². The molecule has 1 amide bonds. The molecule has 0 unspecified atom stereocenters. The number of nitrogens with zero attached hydrogens (tertiary/aromatic N) is 1. The minimum absolute atomic E-state index is 0.0232. The SMILES string of the molecule is C/C(=N\NC(=O)COc1ccccc1F)c1ccc(C)o1. The Balaban J connectivity index is 1.86. The summed E-state index contributed by atoms with van der Waals surface area (Å²) in [5, 5.41) is 3.89. The van der Waals surface area contributed by atoms with Crippen molar-refractivity contribution in [3.8, 4) is 5.75 Å². The van der Waals surface area contributed by atoms with Crippen molar-refractivity contribution in [1.82, 2.24) is 5.43 Å². The summed E-state index contributed by atoms with van der Waals surface area (Å²) in [6.45, 7) is 3.20. The lowest BCUT2D eigenvalue weighted by molar-refractivity contribution is -0.123. The second-order valence-electron chi connectivity index (χ2n) is 4.36. The molecule has 0 radical (unpaired) electrons. The van der Waals surface area contributed by atoms with Crippen molar-refractivity contribution in [3.63, 3.8) is 0 Å². The first kappa shape index (κ1) is 14.8. The molecule has 0 aliphatic carbocycles. The summed E-state index contributed by atoms with van der Waals surface area (Å²) < 4.78 is 23.7. The van der Waals surface area contributed by atoms with Gasteiger partial charge in [-0.15, -0.1) is 0 Å². The molecule has 1 aromatic carbocycles. The Morgan fingerprint density at radius 3 is 2.76 bits per heavy atom. The minimum atomic E-state index is -0.518. The normalized spacial score (nSPS) is 11.3. The molecule has 1 N–H and O–H groups in total. The van der Waals surface area contributed by atoms with Gasteiger partial charge in [0, 0.05) is 0 Å². The Bertz CT molecular complexity index is 664. The van der Waals surface area contributed by atoms with Gasteiger partial charge in [-0.3, -0.25) is 4.79 Å². The van der Waals surface area contributed by atoms with Crippen LogP contribution in [0.2, 0.25) is 0 Å². The quantitative estimate of drug-likeness (QED) is 0.680. The van der Waals surface area contributed by atoms with Crippen LogP contribution in [0.5, 0.6) is 5.75 Å². The van der Waals surface area contributed by atoms with Gasteiger partial charge in [-0.05, 0) is 38.1 Å². The van der Waals surface area contributed by atoms with Gasteiger partial charge in [0.05, 0.1) is 0 Å². The first-order valence-corrected chi connectivity index (χ1v) is 6.33. The molecule has 0 fully saturated rings. The molecule has 6 heteroatoms. The molecule has 1 aromatic heterocycles. The monoisotopic (exact) mass is 290 g/mol. The first-order chi connectivity index (χ1) is 10.1. The van der Waals surface area contributed by atoms with Crippen molar-refractivity contribution in [2.75, 3.05) is 6.61 Å². The molecule has 110 valence electrons. The van der Waals surface area contributed by atoms with Crippen molar-refractivity contribution in [1.29, 1.82) is 0 Å². The Morgan fingerprint density at radius 1 is 1.33 bits per heavy atom. The van der Waals surface area contributed by atoms with Crippen LogP contribution in [0.3, 0.4) is 0 Å². The predicted octanol–water partition coefficient (Wildman–Crippen LogP) is 2.65. The number of furan rings is 1. The Morgan fingerprint density at radius 2 is 2.10 bits per heavy atom. The van der Waals surface area contributed by atoms with Gasteiger partial charge in [0.2, 0.25) is 0 Å². The fourth-order valence-electron chi connectivity index (χ4n) is 1.57. The number of para-hydroxylation sites is 1. The third-order valence-corrected chi connectivity index (χ3v) is 2.64. The molecule has 0 atom stereocenters. The van der Waals surface area contributed by atoms with Crippen LogP contribution in [0, 0.1) is 12.7 Å². The summed E-state index contributed by atoms with van der Waals surface area (Å²) >= 11 is 0. The average molecular weight is 290 g/mol. The second-order valence-corrected chi connectivity index (χ2v) is 4.36. The van der Waals surface area contributed by atoms with Gasteiger partial charge < -0.3 is 9.15 Å². The minimum Gasteiger partial charge on any atom is -0.481 e. The molecule has 0 bridgehead atoms. The molecule has 1 heterocycles. The van der Waals surface area contributed by atoms with Crippen LogP contribution in [0.15, 0.2) is 45.9 Å². The zero-order chi connectivity index (χ0) is 15.2. The van der Waals surface area contributed by atoms with Gasteiger partial charge in [-0.1, -0.05) is 12.1 Å².